The molecule has 3 aromatic rings. The third-order valence-electron chi connectivity index (χ3n) is 4.22. The van der Waals surface area contributed by atoms with Gasteiger partial charge in [0.25, 0.3) is 0 Å². The zero-order valence-corrected chi connectivity index (χ0v) is 16.0. The summed E-state index contributed by atoms with van der Waals surface area (Å²) >= 11 is 1.53. The van der Waals surface area contributed by atoms with Crippen molar-refractivity contribution in [2.45, 2.75) is 25.7 Å². The average molecular weight is 399 g/mol. The number of aliphatic carboxylic acids is 1. The molecule has 0 spiro atoms. The molecule has 1 amide bonds. The number of aromatic nitrogens is 2. The summed E-state index contributed by atoms with van der Waals surface area (Å²) in [6.07, 6.45) is 1.70. The molecule has 1 aromatic carbocycles. The van der Waals surface area contributed by atoms with Crippen LogP contribution in [0.25, 0.3) is 10.7 Å². The molecule has 0 bridgehead atoms. The normalized spacial score (nSPS) is 11.9. The predicted molar refractivity (Wildman–Crippen MR) is 105 cm³/mol. The summed E-state index contributed by atoms with van der Waals surface area (Å²) in [5.41, 5.74) is 0.932. The van der Waals surface area contributed by atoms with E-state index in [1.54, 1.807) is 0 Å². The van der Waals surface area contributed by atoms with Crippen LogP contribution in [-0.4, -0.2) is 33.7 Å². The topological polar surface area (TPSA) is 105 Å². The van der Waals surface area contributed by atoms with E-state index in [1.807, 2.05) is 47.8 Å². The van der Waals surface area contributed by atoms with Gasteiger partial charge in [-0.25, -0.2) is 0 Å². The van der Waals surface area contributed by atoms with Gasteiger partial charge in [0.15, 0.2) is 0 Å². The van der Waals surface area contributed by atoms with Crippen molar-refractivity contribution in [2.24, 2.45) is 5.92 Å². The SMILES string of the molecule is O=C(CCCc1nc(-c2cccs2)no1)NCC(Cc1ccccc1)C(=O)O. The van der Waals surface area contributed by atoms with Crippen LogP contribution < -0.4 is 5.32 Å². The Hall–Kier alpha value is -3.00. The van der Waals surface area contributed by atoms with Crippen LogP contribution in [0.5, 0.6) is 0 Å². The Morgan fingerprint density at radius 3 is 2.71 bits per heavy atom. The monoisotopic (exact) mass is 399 g/mol. The first-order chi connectivity index (χ1) is 13.6. The highest BCUT2D eigenvalue weighted by Crippen LogP contribution is 2.21. The average Bonchev–Trinajstić information content (AvgIpc) is 3.37. The Kier molecular flexibility index (Phi) is 6.91. The largest absolute Gasteiger partial charge is 0.481 e. The van der Waals surface area contributed by atoms with Gasteiger partial charge in [-0.2, -0.15) is 4.98 Å². The molecule has 3 rings (SSSR count). The summed E-state index contributed by atoms with van der Waals surface area (Å²) in [7, 11) is 0. The van der Waals surface area contributed by atoms with Crippen LogP contribution in [0, 0.1) is 5.92 Å². The fraction of sp³-hybridized carbons (Fsp3) is 0.300. The number of hydrogen-bond donors (Lipinski definition) is 2. The number of aryl methyl sites for hydroxylation is 1. The number of carboxylic acid groups (broad SMARTS) is 1. The molecule has 0 aliphatic carbocycles. The van der Waals surface area contributed by atoms with Gasteiger partial charge < -0.3 is 14.9 Å². The fourth-order valence-electron chi connectivity index (χ4n) is 2.73. The van der Waals surface area contributed by atoms with Crippen LogP contribution in [0.4, 0.5) is 0 Å². The summed E-state index contributed by atoms with van der Waals surface area (Å²) in [6, 6.07) is 13.2. The number of amides is 1. The molecule has 2 heterocycles. The molecular formula is C20H21N3O4S. The van der Waals surface area contributed by atoms with Crippen LogP contribution in [0.2, 0.25) is 0 Å². The molecular weight excluding hydrogens is 378 g/mol. The number of nitrogens with one attached hydrogen (secondary N) is 1. The van der Waals surface area contributed by atoms with E-state index in [0.717, 1.165) is 10.4 Å². The lowest BCUT2D eigenvalue weighted by Crippen LogP contribution is -2.34. The standard InChI is InChI=1S/C20H21N3O4S/c24-17(21-13-15(20(25)26)12-14-6-2-1-3-7-14)9-4-10-18-22-19(23-27-18)16-8-5-11-28-16/h1-3,5-8,11,15H,4,9-10,12-13H2,(H,21,24)(H,25,26). The number of carboxylic acids is 1. The van der Waals surface area contributed by atoms with E-state index < -0.39 is 11.9 Å². The highest BCUT2D eigenvalue weighted by atomic mass is 32.1. The van der Waals surface area contributed by atoms with Crippen molar-refractivity contribution in [3.8, 4) is 10.7 Å². The van der Waals surface area contributed by atoms with E-state index >= 15 is 0 Å². The van der Waals surface area contributed by atoms with E-state index in [-0.39, 0.29) is 18.9 Å². The number of carbonyl (C=O) groups excluding carboxylic acids is 1. The van der Waals surface area contributed by atoms with Gasteiger partial charge in [-0.1, -0.05) is 41.6 Å². The first-order valence-corrected chi connectivity index (χ1v) is 9.89. The van der Waals surface area contributed by atoms with Crippen molar-refractivity contribution < 1.29 is 19.2 Å². The minimum Gasteiger partial charge on any atom is -0.481 e. The summed E-state index contributed by atoms with van der Waals surface area (Å²) in [4.78, 5) is 28.7. The van der Waals surface area contributed by atoms with Gasteiger partial charge in [-0.15, -0.1) is 11.3 Å². The number of benzene rings is 1. The van der Waals surface area contributed by atoms with E-state index in [9.17, 15) is 14.7 Å². The van der Waals surface area contributed by atoms with Gasteiger partial charge in [0.05, 0.1) is 10.8 Å². The van der Waals surface area contributed by atoms with Crippen LogP contribution in [-0.2, 0) is 22.4 Å². The molecule has 0 radical (unpaired) electrons. The Balaban J connectivity index is 1.40. The number of hydrogen-bond acceptors (Lipinski definition) is 6. The maximum atomic E-state index is 12.0. The van der Waals surface area contributed by atoms with Crippen LogP contribution in [0.15, 0.2) is 52.4 Å². The zero-order valence-electron chi connectivity index (χ0n) is 15.2. The summed E-state index contributed by atoms with van der Waals surface area (Å²) in [6.45, 7) is 0.103. The number of carbonyl (C=O) groups is 2. The van der Waals surface area contributed by atoms with Gasteiger partial charge in [0.2, 0.25) is 17.6 Å². The molecule has 7 nitrogen and oxygen atoms in total. The lowest BCUT2D eigenvalue weighted by molar-refractivity contribution is -0.141. The fourth-order valence-corrected chi connectivity index (χ4v) is 3.38. The number of thiophene rings is 1. The molecule has 0 saturated carbocycles. The van der Waals surface area contributed by atoms with Gasteiger partial charge in [0, 0.05) is 19.4 Å². The van der Waals surface area contributed by atoms with Crippen LogP contribution >= 0.6 is 11.3 Å². The van der Waals surface area contributed by atoms with Crippen molar-refractivity contribution in [2.75, 3.05) is 6.54 Å². The van der Waals surface area contributed by atoms with Gasteiger partial charge in [0.1, 0.15) is 0 Å². The molecule has 0 aliphatic heterocycles. The minimum absolute atomic E-state index is 0.103. The summed E-state index contributed by atoms with van der Waals surface area (Å²) in [5, 5.41) is 18.0. The Morgan fingerprint density at radius 1 is 1.18 bits per heavy atom. The molecule has 28 heavy (non-hydrogen) atoms. The van der Waals surface area contributed by atoms with E-state index in [1.165, 1.54) is 11.3 Å². The van der Waals surface area contributed by atoms with Crippen LogP contribution in [0.3, 0.4) is 0 Å². The van der Waals surface area contributed by atoms with Gasteiger partial charge >= 0.3 is 5.97 Å². The third-order valence-corrected chi connectivity index (χ3v) is 5.09. The summed E-state index contributed by atoms with van der Waals surface area (Å²) < 4.78 is 5.20. The van der Waals surface area contributed by atoms with E-state index in [4.69, 9.17) is 4.52 Å². The molecule has 1 atom stereocenters. The number of rotatable bonds is 10. The minimum atomic E-state index is -0.920. The first kappa shape index (κ1) is 19.8. The Labute approximate surface area is 166 Å². The van der Waals surface area contributed by atoms with Crippen molar-refractivity contribution in [3.05, 3.63) is 59.3 Å². The van der Waals surface area contributed by atoms with Gasteiger partial charge in [-0.05, 0) is 29.9 Å². The van der Waals surface area contributed by atoms with Crippen molar-refractivity contribution in [1.29, 1.82) is 0 Å². The maximum Gasteiger partial charge on any atom is 0.308 e. The maximum absolute atomic E-state index is 12.0. The number of nitrogens with zero attached hydrogens (tertiary/aromatic N) is 2. The second-order valence-electron chi connectivity index (χ2n) is 6.37. The third kappa shape index (κ3) is 5.75. The zero-order chi connectivity index (χ0) is 19.8. The molecule has 0 aliphatic rings. The first-order valence-electron chi connectivity index (χ1n) is 9.01. The van der Waals surface area contributed by atoms with Crippen LogP contribution in [0.1, 0.15) is 24.3 Å². The second kappa shape index (κ2) is 9.80. The Bertz CT molecular complexity index is 893. The highest BCUT2D eigenvalue weighted by molar-refractivity contribution is 7.13. The quantitative estimate of drug-likeness (QED) is 0.542. The molecule has 0 saturated heterocycles. The second-order valence-corrected chi connectivity index (χ2v) is 7.32. The molecule has 8 heteroatoms. The smallest absolute Gasteiger partial charge is 0.308 e. The highest BCUT2D eigenvalue weighted by Gasteiger charge is 2.19. The van der Waals surface area contributed by atoms with Gasteiger partial charge in [-0.3, -0.25) is 9.59 Å². The summed E-state index contributed by atoms with van der Waals surface area (Å²) in [5.74, 6) is -0.715. The van der Waals surface area contributed by atoms with Crippen molar-refractivity contribution in [3.63, 3.8) is 0 Å². The van der Waals surface area contributed by atoms with Crippen molar-refractivity contribution >= 4 is 23.2 Å². The predicted octanol–water partition coefficient (Wildman–Crippen LogP) is 3.18. The van der Waals surface area contributed by atoms with Crippen molar-refractivity contribution in [1.82, 2.24) is 15.5 Å². The molecule has 0 fully saturated rings. The lowest BCUT2D eigenvalue weighted by atomic mass is 9.99. The molecule has 1 unspecified atom stereocenters. The molecule has 146 valence electrons. The van der Waals surface area contributed by atoms with E-state index in [0.29, 0.717) is 31.0 Å². The lowest BCUT2D eigenvalue weighted by Gasteiger charge is -2.13. The Morgan fingerprint density at radius 2 is 2.00 bits per heavy atom. The molecule has 2 N–H and O–H groups in total. The van der Waals surface area contributed by atoms with E-state index in [2.05, 4.69) is 15.5 Å². The molecule has 2 aromatic heterocycles.